The van der Waals surface area contributed by atoms with E-state index in [1.54, 1.807) is 13.8 Å². The van der Waals surface area contributed by atoms with Crippen molar-refractivity contribution in [2.75, 3.05) is 5.75 Å². The lowest BCUT2D eigenvalue weighted by Gasteiger charge is -2.29. The van der Waals surface area contributed by atoms with Crippen molar-refractivity contribution in [2.45, 2.75) is 83.6 Å². The molecule has 0 aromatic heterocycles. The minimum absolute atomic E-state index is 0.247. The number of sulfone groups is 1. The Balaban J connectivity index is 1.71. The molecule has 1 aliphatic rings. The van der Waals surface area contributed by atoms with Crippen molar-refractivity contribution >= 4 is 9.84 Å². The number of unbranched alkanes of at least 4 members (excludes halogenated alkanes) is 1. The molecule has 0 spiro atoms. The zero-order valence-corrected chi connectivity index (χ0v) is 16.9. The lowest BCUT2D eigenvalue weighted by molar-refractivity contribution is 0.307. The fourth-order valence-corrected chi connectivity index (χ4v) is 4.90. The Kier molecular flexibility index (Phi) is 7.95. The zero-order chi connectivity index (χ0) is 18.3. The number of hydrogen-bond acceptors (Lipinski definition) is 3. The first kappa shape index (κ1) is 20.4. The van der Waals surface area contributed by atoms with Crippen LogP contribution in [0.15, 0.2) is 24.3 Å². The van der Waals surface area contributed by atoms with Crippen LogP contribution in [-0.4, -0.2) is 25.5 Å². The quantitative estimate of drug-likeness (QED) is 0.701. The van der Waals surface area contributed by atoms with Crippen molar-refractivity contribution in [3.63, 3.8) is 0 Å². The third-order valence-corrected chi connectivity index (χ3v) is 7.84. The van der Waals surface area contributed by atoms with Gasteiger partial charge in [0.25, 0.3) is 0 Å². The Morgan fingerprint density at radius 2 is 1.64 bits per heavy atom. The molecule has 25 heavy (non-hydrogen) atoms. The SMILES string of the molecule is CCCCc1ccc(CNC2CCC(CS(=O)(=O)C(C)C)CC2)cc1. The number of aryl methyl sites for hydroxylation is 1. The second-order valence-corrected chi connectivity index (χ2v) is 10.5. The van der Waals surface area contributed by atoms with Crippen molar-refractivity contribution in [1.29, 1.82) is 0 Å². The van der Waals surface area contributed by atoms with E-state index in [1.807, 2.05) is 0 Å². The Bertz CT molecular complexity index is 599. The molecule has 0 amide bonds. The van der Waals surface area contributed by atoms with Crippen molar-refractivity contribution in [2.24, 2.45) is 5.92 Å². The molecule has 3 nitrogen and oxygen atoms in total. The van der Waals surface area contributed by atoms with Gasteiger partial charge in [-0.05, 0) is 69.4 Å². The minimum Gasteiger partial charge on any atom is -0.310 e. The van der Waals surface area contributed by atoms with Crippen LogP contribution in [0.5, 0.6) is 0 Å². The van der Waals surface area contributed by atoms with Gasteiger partial charge in [0.1, 0.15) is 0 Å². The van der Waals surface area contributed by atoms with E-state index in [0.717, 1.165) is 32.2 Å². The van der Waals surface area contributed by atoms with E-state index >= 15 is 0 Å². The first-order chi connectivity index (χ1) is 11.9. The number of benzene rings is 1. The molecule has 1 N–H and O–H groups in total. The fourth-order valence-electron chi connectivity index (χ4n) is 3.52. The van der Waals surface area contributed by atoms with Crippen LogP contribution in [0.2, 0.25) is 0 Å². The molecule has 0 saturated heterocycles. The highest BCUT2D eigenvalue weighted by Crippen LogP contribution is 2.26. The molecule has 1 aromatic rings. The molecule has 0 bridgehead atoms. The van der Waals surface area contributed by atoms with Crippen LogP contribution in [0.25, 0.3) is 0 Å². The average Bonchev–Trinajstić information content (AvgIpc) is 2.60. The molecule has 1 fully saturated rings. The van der Waals surface area contributed by atoms with Crippen molar-refractivity contribution in [3.05, 3.63) is 35.4 Å². The van der Waals surface area contributed by atoms with E-state index in [9.17, 15) is 8.42 Å². The smallest absolute Gasteiger partial charge is 0.152 e. The van der Waals surface area contributed by atoms with Crippen LogP contribution in [0.1, 0.15) is 70.4 Å². The van der Waals surface area contributed by atoms with Crippen LogP contribution in [0, 0.1) is 5.92 Å². The van der Waals surface area contributed by atoms with Gasteiger partial charge in [0.2, 0.25) is 0 Å². The summed E-state index contributed by atoms with van der Waals surface area (Å²) in [4.78, 5) is 0. The van der Waals surface area contributed by atoms with Gasteiger partial charge in [-0.15, -0.1) is 0 Å². The predicted octanol–water partition coefficient (Wildman–Crippen LogP) is 4.50. The summed E-state index contributed by atoms with van der Waals surface area (Å²) in [5, 5.41) is 3.41. The number of hydrogen-bond donors (Lipinski definition) is 1. The lowest BCUT2D eigenvalue weighted by Crippen LogP contribution is -2.35. The van der Waals surface area contributed by atoms with Gasteiger partial charge in [-0.2, -0.15) is 0 Å². The molecule has 0 unspecified atom stereocenters. The Labute approximate surface area is 154 Å². The molecule has 0 atom stereocenters. The highest BCUT2D eigenvalue weighted by molar-refractivity contribution is 7.91. The molecule has 0 heterocycles. The van der Waals surface area contributed by atoms with Gasteiger partial charge in [0.15, 0.2) is 9.84 Å². The van der Waals surface area contributed by atoms with Crippen LogP contribution in [-0.2, 0) is 22.8 Å². The van der Waals surface area contributed by atoms with Crippen molar-refractivity contribution in [1.82, 2.24) is 5.32 Å². The first-order valence-electron chi connectivity index (χ1n) is 9.93. The Morgan fingerprint density at radius 1 is 1.04 bits per heavy atom. The average molecular weight is 366 g/mol. The van der Waals surface area contributed by atoms with E-state index < -0.39 is 9.84 Å². The maximum absolute atomic E-state index is 12.1. The molecule has 142 valence electrons. The molecule has 1 saturated carbocycles. The number of nitrogens with one attached hydrogen (secondary N) is 1. The summed E-state index contributed by atoms with van der Waals surface area (Å²) < 4.78 is 24.1. The van der Waals surface area contributed by atoms with E-state index in [0.29, 0.717) is 17.7 Å². The highest BCUT2D eigenvalue weighted by Gasteiger charge is 2.26. The first-order valence-corrected chi connectivity index (χ1v) is 11.6. The maximum Gasteiger partial charge on any atom is 0.152 e. The molecule has 2 rings (SSSR count). The molecule has 1 aliphatic carbocycles. The van der Waals surface area contributed by atoms with E-state index in [1.165, 1.54) is 30.4 Å². The molecule has 1 aromatic carbocycles. The summed E-state index contributed by atoms with van der Waals surface area (Å²) >= 11 is 0. The Morgan fingerprint density at radius 3 is 2.20 bits per heavy atom. The van der Waals surface area contributed by atoms with Crippen molar-refractivity contribution < 1.29 is 8.42 Å². The predicted molar refractivity (Wildman–Crippen MR) is 107 cm³/mol. The van der Waals surface area contributed by atoms with E-state index in [4.69, 9.17) is 0 Å². The highest BCUT2D eigenvalue weighted by atomic mass is 32.2. The van der Waals surface area contributed by atoms with E-state index in [-0.39, 0.29) is 5.25 Å². The van der Waals surface area contributed by atoms with Crippen LogP contribution in [0.3, 0.4) is 0 Å². The lowest BCUT2D eigenvalue weighted by atomic mass is 9.87. The summed E-state index contributed by atoms with van der Waals surface area (Å²) in [6, 6.07) is 9.50. The van der Waals surface area contributed by atoms with Gasteiger partial charge < -0.3 is 5.32 Å². The van der Waals surface area contributed by atoms with Crippen LogP contribution in [0.4, 0.5) is 0 Å². The maximum atomic E-state index is 12.1. The second-order valence-electron chi connectivity index (χ2n) is 7.90. The topological polar surface area (TPSA) is 46.2 Å². The molecular formula is C21H35NO2S. The summed E-state index contributed by atoms with van der Waals surface area (Å²) in [6.07, 6.45) is 7.91. The van der Waals surface area contributed by atoms with Crippen LogP contribution < -0.4 is 5.32 Å². The van der Waals surface area contributed by atoms with Crippen LogP contribution >= 0.6 is 0 Å². The largest absolute Gasteiger partial charge is 0.310 e. The molecule has 4 heteroatoms. The van der Waals surface area contributed by atoms with Crippen molar-refractivity contribution in [3.8, 4) is 0 Å². The normalized spacial score (nSPS) is 21.6. The summed E-state index contributed by atoms with van der Waals surface area (Å²) in [6.45, 7) is 6.71. The third kappa shape index (κ3) is 6.74. The fraction of sp³-hybridized carbons (Fsp3) is 0.714. The summed E-state index contributed by atoms with van der Waals surface area (Å²) in [5.74, 6) is 0.722. The van der Waals surface area contributed by atoms with Gasteiger partial charge in [0.05, 0.1) is 11.0 Å². The third-order valence-electron chi connectivity index (χ3n) is 5.47. The number of rotatable bonds is 9. The van der Waals surface area contributed by atoms with Gasteiger partial charge in [0, 0.05) is 12.6 Å². The second kappa shape index (κ2) is 9.72. The van der Waals surface area contributed by atoms with Gasteiger partial charge in [-0.25, -0.2) is 8.42 Å². The summed E-state index contributed by atoms with van der Waals surface area (Å²) in [7, 11) is -2.90. The molecule has 0 aliphatic heterocycles. The summed E-state index contributed by atoms with van der Waals surface area (Å²) in [5.41, 5.74) is 2.77. The molecule has 0 radical (unpaired) electrons. The standard InChI is InChI=1S/C21H35NO2S/c1-4-5-6-18-7-9-19(10-8-18)15-22-21-13-11-20(12-14-21)16-25(23,24)17(2)3/h7-10,17,20-22H,4-6,11-16H2,1-3H3. The zero-order valence-electron chi connectivity index (χ0n) is 16.1. The monoisotopic (exact) mass is 365 g/mol. The van der Waals surface area contributed by atoms with Gasteiger partial charge in [-0.1, -0.05) is 37.6 Å². The minimum atomic E-state index is -2.90. The van der Waals surface area contributed by atoms with E-state index in [2.05, 4.69) is 36.5 Å². The Hall–Kier alpha value is -0.870. The van der Waals surface area contributed by atoms with Gasteiger partial charge in [-0.3, -0.25) is 0 Å². The van der Waals surface area contributed by atoms with Gasteiger partial charge >= 0.3 is 0 Å². The molecular weight excluding hydrogens is 330 g/mol.